The first-order valence-corrected chi connectivity index (χ1v) is 6.90. The van der Waals surface area contributed by atoms with Crippen LogP contribution in [0.1, 0.15) is 50.9 Å². The van der Waals surface area contributed by atoms with Gasteiger partial charge in [-0.15, -0.1) is 0 Å². The van der Waals surface area contributed by atoms with Gasteiger partial charge in [0.25, 0.3) is 0 Å². The fraction of sp³-hybridized carbons (Fsp3) is 0.714. The molecule has 0 aliphatic heterocycles. The van der Waals surface area contributed by atoms with Crippen molar-refractivity contribution in [3.63, 3.8) is 0 Å². The van der Waals surface area contributed by atoms with Crippen LogP contribution in [0.3, 0.4) is 0 Å². The number of rotatable bonds is 8. The summed E-state index contributed by atoms with van der Waals surface area (Å²) < 4.78 is 5.78. The molecule has 0 aliphatic rings. The number of hydrogen-bond acceptors (Lipinski definition) is 4. The second-order valence-corrected chi connectivity index (χ2v) is 4.43. The molecule has 0 radical (unpaired) electrons. The van der Waals surface area contributed by atoms with Gasteiger partial charge in [-0.2, -0.15) is 4.98 Å². The molecule has 0 unspecified atom stereocenters. The molecule has 0 spiro atoms. The monoisotopic (exact) mass is 251 g/mol. The first-order chi connectivity index (χ1) is 8.72. The lowest BCUT2D eigenvalue weighted by Crippen LogP contribution is -2.07. The van der Waals surface area contributed by atoms with E-state index in [0.29, 0.717) is 0 Å². The minimum absolute atomic E-state index is 0.725. The number of aryl methyl sites for hydroxylation is 1. The molecule has 1 aromatic heterocycles. The average molecular weight is 251 g/mol. The normalized spacial score (nSPS) is 10.4. The van der Waals surface area contributed by atoms with Gasteiger partial charge in [-0.05, 0) is 13.3 Å². The van der Waals surface area contributed by atoms with Crippen LogP contribution in [0.4, 0.5) is 5.82 Å². The standard InChI is InChI=1S/C14H25N3O/c1-5-7-8-9-10-18-14-11(3)13(15-4)16-12(6-2)17-14/h5-10H2,1-4H3,(H,15,16,17). The second-order valence-electron chi connectivity index (χ2n) is 4.43. The van der Waals surface area contributed by atoms with Crippen molar-refractivity contribution in [2.24, 2.45) is 0 Å². The van der Waals surface area contributed by atoms with Crippen LogP contribution in [0.5, 0.6) is 5.88 Å². The molecular weight excluding hydrogens is 226 g/mol. The van der Waals surface area contributed by atoms with Gasteiger partial charge in [-0.3, -0.25) is 0 Å². The predicted octanol–water partition coefficient (Wildman–Crippen LogP) is 3.35. The first kappa shape index (κ1) is 14.7. The molecule has 0 atom stereocenters. The molecule has 4 nitrogen and oxygen atoms in total. The number of hydrogen-bond donors (Lipinski definition) is 1. The van der Waals surface area contributed by atoms with Crippen LogP contribution in [-0.2, 0) is 6.42 Å². The van der Waals surface area contributed by atoms with Crippen LogP contribution in [-0.4, -0.2) is 23.6 Å². The summed E-state index contributed by atoms with van der Waals surface area (Å²) in [7, 11) is 1.87. The average Bonchev–Trinajstić information content (AvgIpc) is 2.40. The molecule has 102 valence electrons. The van der Waals surface area contributed by atoms with E-state index in [0.717, 1.165) is 42.5 Å². The topological polar surface area (TPSA) is 47.0 Å². The predicted molar refractivity (Wildman–Crippen MR) is 75.3 cm³/mol. The van der Waals surface area contributed by atoms with Crippen LogP contribution < -0.4 is 10.1 Å². The van der Waals surface area contributed by atoms with Crippen molar-refractivity contribution in [2.45, 2.75) is 52.9 Å². The Kier molecular flexibility index (Phi) is 6.47. The van der Waals surface area contributed by atoms with Gasteiger partial charge in [0.2, 0.25) is 5.88 Å². The van der Waals surface area contributed by atoms with Crippen molar-refractivity contribution >= 4 is 5.82 Å². The Morgan fingerprint density at radius 2 is 1.89 bits per heavy atom. The van der Waals surface area contributed by atoms with E-state index in [1.165, 1.54) is 19.3 Å². The summed E-state index contributed by atoms with van der Waals surface area (Å²) in [6, 6.07) is 0. The van der Waals surface area contributed by atoms with E-state index in [9.17, 15) is 0 Å². The number of ether oxygens (including phenoxy) is 1. The van der Waals surface area contributed by atoms with E-state index in [-0.39, 0.29) is 0 Å². The van der Waals surface area contributed by atoms with Crippen molar-refractivity contribution in [1.29, 1.82) is 0 Å². The Labute approximate surface area is 110 Å². The summed E-state index contributed by atoms with van der Waals surface area (Å²) in [6.45, 7) is 6.99. The lowest BCUT2D eigenvalue weighted by molar-refractivity contribution is 0.290. The highest BCUT2D eigenvalue weighted by Crippen LogP contribution is 2.22. The Hall–Kier alpha value is -1.32. The molecule has 0 saturated heterocycles. The molecule has 1 N–H and O–H groups in total. The molecule has 1 aromatic rings. The summed E-state index contributed by atoms with van der Waals surface area (Å²) in [4.78, 5) is 8.87. The van der Waals surface area contributed by atoms with Gasteiger partial charge >= 0.3 is 0 Å². The van der Waals surface area contributed by atoms with Gasteiger partial charge < -0.3 is 10.1 Å². The highest BCUT2D eigenvalue weighted by molar-refractivity contribution is 5.48. The summed E-state index contributed by atoms with van der Waals surface area (Å²) in [6.07, 6.45) is 5.65. The van der Waals surface area contributed by atoms with E-state index in [1.54, 1.807) is 0 Å². The van der Waals surface area contributed by atoms with E-state index in [1.807, 2.05) is 14.0 Å². The fourth-order valence-electron chi connectivity index (χ4n) is 1.78. The van der Waals surface area contributed by atoms with Crippen LogP contribution in [0, 0.1) is 6.92 Å². The number of aromatic nitrogens is 2. The third-order valence-electron chi connectivity index (χ3n) is 2.94. The zero-order valence-corrected chi connectivity index (χ0v) is 12.0. The molecule has 1 rings (SSSR count). The number of nitrogens with zero attached hydrogens (tertiary/aromatic N) is 2. The van der Waals surface area contributed by atoms with Gasteiger partial charge in [0, 0.05) is 13.5 Å². The molecule has 0 aromatic carbocycles. The summed E-state index contributed by atoms with van der Waals surface area (Å²) in [5, 5.41) is 3.09. The van der Waals surface area contributed by atoms with Crippen LogP contribution in [0.15, 0.2) is 0 Å². The summed E-state index contributed by atoms with van der Waals surface area (Å²) in [5.74, 6) is 2.42. The Bertz CT molecular complexity index is 366. The molecule has 18 heavy (non-hydrogen) atoms. The summed E-state index contributed by atoms with van der Waals surface area (Å²) >= 11 is 0. The van der Waals surface area contributed by atoms with Gasteiger partial charge in [-0.25, -0.2) is 4.98 Å². The van der Waals surface area contributed by atoms with Crippen LogP contribution in [0.2, 0.25) is 0 Å². The largest absolute Gasteiger partial charge is 0.477 e. The molecule has 0 fully saturated rings. The van der Waals surface area contributed by atoms with Crippen molar-refractivity contribution in [3.05, 3.63) is 11.4 Å². The Balaban J connectivity index is 2.63. The van der Waals surface area contributed by atoms with E-state index < -0.39 is 0 Å². The number of nitrogens with one attached hydrogen (secondary N) is 1. The molecule has 4 heteroatoms. The first-order valence-electron chi connectivity index (χ1n) is 6.90. The second kappa shape index (κ2) is 7.90. The maximum atomic E-state index is 5.78. The quantitative estimate of drug-likeness (QED) is 0.720. The SMILES string of the molecule is CCCCCCOc1nc(CC)nc(NC)c1C. The summed E-state index contributed by atoms with van der Waals surface area (Å²) in [5.41, 5.74) is 0.991. The Morgan fingerprint density at radius 1 is 1.11 bits per heavy atom. The Morgan fingerprint density at radius 3 is 2.50 bits per heavy atom. The highest BCUT2D eigenvalue weighted by Gasteiger charge is 2.10. The van der Waals surface area contributed by atoms with Crippen LogP contribution in [0.25, 0.3) is 0 Å². The smallest absolute Gasteiger partial charge is 0.221 e. The lowest BCUT2D eigenvalue weighted by Gasteiger charge is -2.12. The van der Waals surface area contributed by atoms with Crippen LogP contribution >= 0.6 is 0 Å². The van der Waals surface area contributed by atoms with Gasteiger partial charge in [-0.1, -0.05) is 33.1 Å². The molecule has 0 amide bonds. The highest BCUT2D eigenvalue weighted by atomic mass is 16.5. The van der Waals surface area contributed by atoms with Gasteiger partial charge in [0.15, 0.2) is 0 Å². The zero-order valence-electron chi connectivity index (χ0n) is 12.0. The minimum atomic E-state index is 0.725. The van der Waals surface area contributed by atoms with E-state index in [4.69, 9.17) is 4.74 Å². The lowest BCUT2D eigenvalue weighted by atomic mass is 10.2. The van der Waals surface area contributed by atoms with Crippen molar-refractivity contribution in [1.82, 2.24) is 9.97 Å². The van der Waals surface area contributed by atoms with Crippen molar-refractivity contribution in [2.75, 3.05) is 19.0 Å². The van der Waals surface area contributed by atoms with Gasteiger partial charge in [0.05, 0.1) is 12.2 Å². The fourth-order valence-corrected chi connectivity index (χ4v) is 1.78. The maximum absolute atomic E-state index is 5.78. The number of anilines is 1. The molecular formula is C14H25N3O. The minimum Gasteiger partial charge on any atom is -0.477 e. The molecule has 0 aliphatic carbocycles. The maximum Gasteiger partial charge on any atom is 0.221 e. The zero-order chi connectivity index (χ0) is 13.4. The molecule has 1 heterocycles. The van der Waals surface area contributed by atoms with Crippen molar-refractivity contribution in [3.8, 4) is 5.88 Å². The number of unbranched alkanes of at least 4 members (excludes halogenated alkanes) is 3. The van der Waals surface area contributed by atoms with E-state index in [2.05, 4.69) is 29.1 Å². The van der Waals surface area contributed by atoms with E-state index >= 15 is 0 Å². The van der Waals surface area contributed by atoms with Crippen molar-refractivity contribution < 1.29 is 4.74 Å². The third kappa shape index (κ3) is 4.17. The third-order valence-corrected chi connectivity index (χ3v) is 2.94. The molecule has 0 bridgehead atoms. The molecule has 0 saturated carbocycles. The van der Waals surface area contributed by atoms with Gasteiger partial charge in [0.1, 0.15) is 11.6 Å².